The zero-order valence-corrected chi connectivity index (χ0v) is 5.65. The van der Waals surface area contributed by atoms with E-state index in [1.807, 2.05) is 0 Å². The van der Waals surface area contributed by atoms with Crippen molar-refractivity contribution >= 4 is 0 Å². The molecule has 0 amide bonds. The fourth-order valence-electron chi connectivity index (χ4n) is 1.08. The molecule has 1 aliphatic heterocycles. The average Bonchev–Trinajstić information content (AvgIpc) is 1.88. The second-order valence-electron chi connectivity index (χ2n) is 2.56. The van der Waals surface area contributed by atoms with Gasteiger partial charge in [0.2, 0.25) is 0 Å². The van der Waals surface area contributed by atoms with Gasteiger partial charge in [0.05, 0.1) is 0 Å². The van der Waals surface area contributed by atoms with Crippen LogP contribution in [0.15, 0.2) is 0 Å². The first-order valence-corrected chi connectivity index (χ1v) is 3.35. The minimum Gasteiger partial charge on any atom is -0.381 e. The quantitative estimate of drug-likeness (QED) is 0.566. The Kier molecular flexibility index (Phi) is 2.21. The van der Waals surface area contributed by atoms with E-state index in [1.165, 1.54) is 0 Å². The molecule has 0 unspecified atom stereocenters. The van der Waals surface area contributed by atoms with Crippen molar-refractivity contribution in [3.05, 3.63) is 0 Å². The lowest BCUT2D eigenvalue weighted by Gasteiger charge is -2.26. The van der Waals surface area contributed by atoms with Crippen LogP contribution < -0.4 is 5.73 Å². The van der Waals surface area contributed by atoms with Gasteiger partial charge in [-0.1, -0.05) is 0 Å². The molecule has 0 radical (unpaired) electrons. The lowest BCUT2D eigenvalue weighted by molar-refractivity contribution is -0.0911. The summed E-state index contributed by atoms with van der Waals surface area (Å²) in [6.07, 6.45) is 0.757. The summed E-state index contributed by atoms with van der Waals surface area (Å²) in [6.45, 7) is 0.828. The molecule has 1 fully saturated rings. The molecule has 0 atom stereocenters. The summed E-state index contributed by atoms with van der Waals surface area (Å²) in [4.78, 5) is 0. The number of rotatable bonds is 1. The Morgan fingerprint density at radius 3 is 2.10 bits per heavy atom. The van der Waals surface area contributed by atoms with Crippen LogP contribution in [0.25, 0.3) is 0 Å². The standard InChI is InChI=1S/C6H11F2NO/c7-6(8,9)5-1-3-10-4-2-5/h5H,1-4,9H2. The first-order chi connectivity index (χ1) is 4.61. The molecule has 0 saturated carbocycles. The van der Waals surface area contributed by atoms with Crippen molar-refractivity contribution in [3.8, 4) is 0 Å². The number of alkyl halides is 2. The first kappa shape index (κ1) is 7.88. The minimum absolute atomic E-state index is 0.378. The first-order valence-electron chi connectivity index (χ1n) is 3.35. The summed E-state index contributed by atoms with van der Waals surface area (Å²) < 4.78 is 29.6. The van der Waals surface area contributed by atoms with Gasteiger partial charge in [-0.3, -0.25) is 5.73 Å². The van der Waals surface area contributed by atoms with Crippen molar-refractivity contribution in [3.63, 3.8) is 0 Å². The van der Waals surface area contributed by atoms with Crippen molar-refractivity contribution in [2.24, 2.45) is 11.7 Å². The molecule has 0 bridgehead atoms. The second-order valence-corrected chi connectivity index (χ2v) is 2.56. The SMILES string of the molecule is NC(F)(F)C1CCOCC1. The highest BCUT2D eigenvalue weighted by Gasteiger charge is 2.35. The molecule has 0 aliphatic carbocycles. The largest absolute Gasteiger partial charge is 0.381 e. The molecule has 4 heteroatoms. The molecular formula is C6H11F2NO. The zero-order valence-electron chi connectivity index (χ0n) is 5.65. The van der Waals surface area contributed by atoms with Crippen LogP contribution in [0.2, 0.25) is 0 Å². The summed E-state index contributed by atoms with van der Waals surface area (Å²) in [7, 11) is 0. The molecule has 0 aromatic heterocycles. The van der Waals surface area contributed by atoms with Crippen molar-refractivity contribution in [1.29, 1.82) is 0 Å². The lowest BCUT2D eigenvalue weighted by Crippen LogP contribution is -2.40. The van der Waals surface area contributed by atoms with Crippen LogP contribution in [0, 0.1) is 5.92 Å². The van der Waals surface area contributed by atoms with Gasteiger partial charge >= 0.3 is 6.05 Å². The number of nitrogens with two attached hydrogens (primary N) is 1. The lowest BCUT2D eigenvalue weighted by atomic mass is 9.98. The fourth-order valence-corrected chi connectivity index (χ4v) is 1.08. The number of hydrogen-bond donors (Lipinski definition) is 1. The van der Waals surface area contributed by atoms with Gasteiger partial charge in [-0.05, 0) is 12.8 Å². The molecule has 2 N–H and O–H groups in total. The van der Waals surface area contributed by atoms with Gasteiger partial charge in [0.1, 0.15) is 0 Å². The monoisotopic (exact) mass is 151 g/mol. The van der Waals surface area contributed by atoms with Crippen molar-refractivity contribution in [2.75, 3.05) is 13.2 Å². The van der Waals surface area contributed by atoms with Gasteiger partial charge in [0.15, 0.2) is 0 Å². The predicted octanol–water partition coefficient (Wildman–Crippen LogP) is 0.965. The molecule has 1 aliphatic rings. The molecule has 0 spiro atoms. The van der Waals surface area contributed by atoms with E-state index in [9.17, 15) is 8.78 Å². The Morgan fingerprint density at radius 1 is 1.30 bits per heavy atom. The van der Waals surface area contributed by atoms with Crippen LogP contribution in [0.1, 0.15) is 12.8 Å². The molecule has 1 saturated heterocycles. The smallest absolute Gasteiger partial charge is 0.302 e. The topological polar surface area (TPSA) is 35.2 Å². The second kappa shape index (κ2) is 2.80. The molecule has 0 aromatic carbocycles. The summed E-state index contributed by atoms with van der Waals surface area (Å²) in [5, 5.41) is 0. The van der Waals surface area contributed by atoms with Crippen molar-refractivity contribution < 1.29 is 13.5 Å². The van der Waals surface area contributed by atoms with Crippen molar-refractivity contribution in [1.82, 2.24) is 0 Å². The molecule has 60 valence electrons. The van der Waals surface area contributed by atoms with Gasteiger partial charge in [-0.25, -0.2) is 0 Å². The maximum Gasteiger partial charge on any atom is 0.302 e. The average molecular weight is 151 g/mol. The van der Waals surface area contributed by atoms with Gasteiger partial charge in [0.25, 0.3) is 0 Å². The third-order valence-electron chi connectivity index (χ3n) is 1.77. The van der Waals surface area contributed by atoms with Crippen LogP contribution in [0.4, 0.5) is 8.78 Å². The summed E-state index contributed by atoms with van der Waals surface area (Å²) in [6, 6.07) is -3.01. The summed E-state index contributed by atoms with van der Waals surface area (Å²) >= 11 is 0. The van der Waals surface area contributed by atoms with E-state index >= 15 is 0 Å². The van der Waals surface area contributed by atoms with Crippen LogP contribution >= 0.6 is 0 Å². The fraction of sp³-hybridized carbons (Fsp3) is 1.00. The van der Waals surface area contributed by atoms with E-state index in [0.29, 0.717) is 26.1 Å². The molecular weight excluding hydrogens is 140 g/mol. The van der Waals surface area contributed by atoms with Gasteiger partial charge in [0, 0.05) is 19.1 Å². The van der Waals surface area contributed by atoms with E-state index in [0.717, 1.165) is 0 Å². The predicted molar refractivity (Wildman–Crippen MR) is 32.7 cm³/mol. The van der Waals surface area contributed by atoms with E-state index in [-0.39, 0.29) is 0 Å². The Balaban J connectivity index is 2.39. The molecule has 1 heterocycles. The Morgan fingerprint density at radius 2 is 1.80 bits per heavy atom. The van der Waals surface area contributed by atoms with E-state index < -0.39 is 12.0 Å². The molecule has 0 aromatic rings. The Labute approximate surface area is 58.3 Å². The molecule has 1 rings (SSSR count). The summed E-state index contributed by atoms with van der Waals surface area (Å²) in [5.41, 5.74) is 4.62. The summed E-state index contributed by atoms with van der Waals surface area (Å²) in [5.74, 6) is -0.679. The van der Waals surface area contributed by atoms with E-state index in [1.54, 1.807) is 0 Å². The third-order valence-corrected chi connectivity index (χ3v) is 1.77. The Bertz CT molecular complexity index is 107. The maximum atomic E-state index is 12.3. The van der Waals surface area contributed by atoms with Gasteiger partial charge in [-0.15, -0.1) is 0 Å². The zero-order chi connectivity index (χ0) is 7.61. The molecule has 10 heavy (non-hydrogen) atoms. The van der Waals surface area contributed by atoms with Crippen LogP contribution in [-0.4, -0.2) is 19.3 Å². The van der Waals surface area contributed by atoms with Crippen LogP contribution in [0.5, 0.6) is 0 Å². The Hall–Kier alpha value is -0.220. The van der Waals surface area contributed by atoms with Crippen LogP contribution in [0.3, 0.4) is 0 Å². The highest BCUT2D eigenvalue weighted by molar-refractivity contribution is 4.73. The third kappa shape index (κ3) is 1.88. The maximum absolute atomic E-state index is 12.3. The highest BCUT2D eigenvalue weighted by Crippen LogP contribution is 2.27. The number of halogens is 2. The molecule has 2 nitrogen and oxygen atoms in total. The van der Waals surface area contributed by atoms with Gasteiger partial charge < -0.3 is 4.74 Å². The van der Waals surface area contributed by atoms with Crippen LogP contribution in [-0.2, 0) is 4.74 Å². The van der Waals surface area contributed by atoms with Gasteiger partial charge in [-0.2, -0.15) is 8.78 Å². The number of hydrogen-bond acceptors (Lipinski definition) is 2. The number of ether oxygens (including phenoxy) is 1. The minimum atomic E-state index is -3.01. The normalized spacial score (nSPS) is 23.1. The highest BCUT2D eigenvalue weighted by atomic mass is 19.3. The van der Waals surface area contributed by atoms with E-state index in [4.69, 9.17) is 4.74 Å². The van der Waals surface area contributed by atoms with Crippen molar-refractivity contribution in [2.45, 2.75) is 18.9 Å². The van der Waals surface area contributed by atoms with E-state index in [2.05, 4.69) is 5.73 Å².